The third-order valence-corrected chi connectivity index (χ3v) is 5.03. The number of rotatable bonds is 4. The summed E-state index contributed by atoms with van der Waals surface area (Å²) in [6.07, 6.45) is 1.13. The first-order chi connectivity index (χ1) is 14.1. The Bertz CT molecular complexity index is 894. The summed E-state index contributed by atoms with van der Waals surface area (Å²) in [4.78, 5) is 26.7. The normalized spacial score (nSPS) is 15.2. The van der Waals surface area contributed by atoms with Crippen LogP contribution < -0.4 is 5.32 Å². The molecule has 2 heterocycles. The summed E-state index contributed by atoms with van der Waals surface area (Å²) >= 11 is 0. The van der Waals surface area contributed by atoms with Gasteiger partial charge in [0, 0.05) is 25.2 Å². The summed E-state index contributed by atoms with van der Waals surface area (Å²) in [6.45, 7) is 8.84. The lowest BCUT2D eigenvalue weighted by molar-refractivity contribution is 0.0500. The number of hydrogen-bond acceptors (Lipinski definition) is 5. The number of carbonyl (C=O) groups is 2. The second-order valence-electron chi connectivity index (χ2n) is 8.59. The fraction of sp³-hybridized carbons (Fsp3) is 0.500. The molecule has 1 saturated heterocycles. The summed E-state index contributed by atoms with van der Waals surface area (Å²) in [5.41, 5.74) is 0.935. The second kappa shape index (κ2) is 8.85. The molecule has 0 atom stereocenters. The van der Waals surface area contributed by atoms with Crippen molar-refractivity contribution in [3.8, 4) is 11.3 Å². The zero-order valence-electron chi connectivity index (χ0n) is 17.8. The summed E-state index contributed by atoms with van der Waals surface area (Å²) in [5, 5.41) is 6.82. The number of ether oxygens (including phenoxy) is 1. The number of carbonyl (C=O) groups excluding carboxylic acids is 2. The summed E-state index contributed by atoms with van der Waals surface area (Å²) < 4.78 is 23.8. The van der Waals surface area contributed by atoms with Gasteiger partial charge in [0.15, 0.2) is 0 Å². The molecule has 1 aromatic heterocycles. The fourth-order valence-corrected chi connectivity index (χ4v) is 3.47. The van der Waals surface area contributed by atoms with Crippen LogP contribution in [0.5, 0.6) is 0 Å². The molecule has 0 aliphatic carbocycles. The number of piperidine rings is 1. The van der Waals surface area contributed by atoms with Crippen LogP contribution in [0.1, 0.15) is 49.7 Å². The molecule has 0 bridgehead atoms. The molecule has 0 unspecified atom stereocenters. The Morgan fingerprint density at radius 2 is 1.87 bits per heavy atom. The topological polar surface area (TPSA) is 84.7 Å². The maximum Gasteiger partial charge on any atom is 0.407 e. The number of halogens is 1. The number of aromatic nitrogens is 1. The van der Waals surface area contributed by atoms with Gasteiger partial charge in [0.25, 0.3) is 5.91 Å². The smallest absolute Gasteiger partial charge is 0.407 e. The molecule has 1 fully saturated rings. The van der Waals surface area contributed by atoms with Gasteiger partial charge in [0.05, 0.1) is 0 Å². The monoisotopic (exact) mass is 417 g/mol. The van der Waals surface area contributed by atoms with Crippen molar-refractivity contribution in [1.82, 2.24) is 15.4 Å². The van der Waals surface area contributed by atoms with E-state index in [2.05, 4.69) is 10.5 Å². The standard InChI is InChI=1S/C22H28FN3O4/c1-14-18(19(25-30-14)16-5-7-17(23)8-6-16)20(27)26-11-9-15(10-12-26)13-24-21(28)29-22(2,3)4/h5-8,15H,9-13H2,1-4H3,(H,24,28). The van der Waals surface area contributed by atoms with Crippen molar-refractivity contribution in [1.29, 1.82) is 0 Å². The number of amides is 2. The molecular formula is C22H28FN3O4. The van der Waals surface area contributed by atoms with Gasteiger partial charge in [-0.1, -0.05) is 5.16 Å². The molecule has 1 aliphatic heterocycles. The minimum Gasteiger partial charge on any atom is -0.444 e. The number of benzene rings is 1. The van der Waals surface area contributed by atoms with E-state index in [1.54, 1.807) is 24.0 Å². The van der Waals surface area contributed by atoms with Gasteiger partial charge in [-0.25, -0.2) is 9.18 Å². The molecule has 0 radical (unpaired) electrons. The van der Waals surface area contributed by atoms with E-state index >= 15 is 0 Å². The van der Waals surface area contributed by atoms with Gasteiger partial charge in [-0.15, -0.1) is 0 Å². The highest BCUT2D eigenvalue weighted by atomic mass is 19.1. The van der Waals surface area contributed by atoms with E-state index < -0.39 is 11.7 Å². The number of hydrogen-bond donors (Lipinski definition) is 1. The second-order valence-corrected chi connectivity index (χ2v) is 8.59. The van der Waals surface area contributed by atoms with Crippen molar-refractivity contribution < 1.29 is 23.2 Å². The Morgan fingerprint density at radius 1 is 1.23 bits per heavy atom. The molecule has 3 rings (SSSR count). The van der Waals surface area contributed by atoms with E-state index in [4.69, 9.17) is 9.26 Å². The highest BCUT2D eigenvalue weighted by molar-refractivity contribution is 6.00. The molecule has 2 amide bonds. The zero-order valence-corrected chi connectivity index (χ0v) is 17.8. The molecule has 8 heteroatoms. The van der Waals surface area contributed by atoms with E-state index in [1.807, 2.05) is 20.8 Å². The first kappa shape index (κ1) is 21.8. The molecule has 1 aliphatic rings. The molecular weight excluding hydrogens is 389 g/mol. The Balaban J connectivity index is 1.59. The molecule has 1 N–H and O–H groups in total. The number of nitrogens with zero attached hydrogens (tertiary/aromatic N) is 2. The van der Waals surface area contributed by atoms with Crippen molar-refractivity contribution in [2.45, 2.75) is 46.1 Å². The van der Waals surface area contributed by atoms with E-state index in [0.29, 0.717) is 42.2 Å². The zero-order chi connectivity index (χ0) is 21.9. The van der Waals surface area contributed by atoms with Crippen LogP contribution in [0.4, 0.5) is 9.18 Å². The quantitative estimate of drug-likeness (QED) is 0.807. The average Bonchev–Trinajstić information content (AvgIpc) is 3.07. The third-order valence-electron chi connectivity index (χ3n) is 5.03. The van der Waals surface area contributed by atoms with Gasteiger partial charge in [0.1, 0.15) is 28.4 Å². The first-order valence-electron chi connectivity index (χ1n) is 10.1. The van der Waals surface area contributed by atoms with Crippen LogP contribution in [0.2, 0.25) is 0 Å². The van der Waals surface area contributed by atoms with Crippen LogP contribution in [0.15, 0.2) is 28.8 Å². The number of likely N-dealkylation sites (tertiary alicyclic amines) is 1. The van der Waals surface area contributed by atoms with Crippen molar-refractivity contribution in [3.05, 3.63) is 41.4 Å². The van der Waals surface area contributed by atoms with Crippen LogP contribution in [0.25, 0.3) is 11.3 Å². The molecule has 30 heavy (non-hydrogen) atoms. The predicted octanol–water partition coefficient (Wildman–Crippen LogP) is 4.17. The lowest BCUT2D eigenvalue weighted by Crippen LogP contribution is -2.42. The van der Waals surface area contributed by atoms with E-state index in [0.717, 1.165) is 12.8 Å². The molecule has 0 saturated carbocycles. The van der Waals surface area contributed by atoms with Crippen LogP contribution >= 0.6 is 0 Å². The number of aryl methyl sites for hydroxylation is 1. The largest absolute Gasteiger partial charge is 0.444 e. The predicted molar refractivity (Wildman–Crippen MR) is 109 cm³/mol. The van der Waals surface area contributed by atoms with Gasteiger partial charge in [0.2, 0.25) is 0 Å². The maximum absolute atomic E-state index is 13.2. The van der Waals surface area contributed by atoms with Gasteiger partial charge in [-0.05, 0) is 70.7 Å². The molecule has 7 nitrogen and oxygen atoms in total. The minimum absolute atomic E-state index is 0.147. The van der Waals surface area contributed by atoms with Crippen LogP contribution in [0, 0.1) is 18.7 Å². The van der Waals surface area contributed by atoms with Crippen molar-refractivity contribution in [3.63, 3.8) is 0 Å². The maximum atomic E-state index is 13.2. The van der Waals surface area contributed by atoms with E-state index in [9.17, 15) is 14.0 Å². The van der Waals surface area contributed by atoms with Crippen molar-refractivity contribution in [2.24, 2.45) is 5.92 Å². The third kappa shape index (κ3) is 5.37. The Labute approximate surface area is 175 Å². The van der Waals surface area contributed by atoms with Crippen molar-refractivity contribution >= 4 is 12.0 Å². The average molecular weight is 417 g/mol. The molecule has 162 valence electrons. The number of alkyl carbamates (subject to hydrolysis) is 1. The van der Waals surface area contributed by atoms with Gasteiger partial charge in [-0.3, -0.25) is 4.79 Å². The summed E-state index contributed by atoms with van der Waals surface area (Å²) in [5.74, 6) is 0.218. The lowest BCUT2D eigenvalue weighted by Gasteiger charge is -2.32. The van der Waals surface area contributed by atoms with Crippen LogP contribution in [-0.2, 0) is 4.74 Å². The Morgan fingerprint density at radius 3 is 2.47 bits per heavy atom. The highest BCUT2D eigenvalue weighted by Gasteiger charge is 2.29. The van der Waals surface area contributed by atoms with Crippen molar-refractivity contribution in [2.75, 3.05) is 19.6 Å². The van der Waals surface area contributed by atoms with E-state index in [1.165, 1.54) is 12.1 Å². The van der Waals surface area contributed by atoms with Gasteiger partial charge < -0.3 is 19.5 Å². The van der Waals surface area contributed by atoms with E-state index in [-0.39, 0.29) is 17.6 Å². The lowest BCUT2D eigenvalue weighted by atomic mass is 9.95. The summed E-state index contributed by atoms with van der Waals surface area (Å²) in [6, 6.07) is 5.82. The molecule has 0 spiro atoms. The van der Waals surface area contributed by atoms with Gasteiger partial charge >= 0.3 is 6.09 Å². The molecule has 1 aromatic carbocycles. The minimum atomic E-state index is -0.529. The molecule has 2 aromatic rings. The summed E-state index contributed by atoms with van der Waals surface area (Å²) in [7, 11) is 0. The Hall–Kier alpha value is -2.90. The first-order valence-corrected chi connectivity index (χ1v) is 10.1. The number of nitrogens with one attached hydrogen (secondary N) is 1. The Kier molecular flexibility index (Phi) is 6.43. The highest BCUT2D eigenvalue weighted by Crippen LogP contribution is 2.28. The fourth-order valence-electron chi connectivity index (χ4n) is 3.47. The van der Waals surface area contributed by atoms with Crippen LogP contribution in [-0.4, -0.2) is 47.3 Å². The van der Waals surface area contributed by atoms with Crippen LogP contribution in [0.3, 0.4) is 0 Å². The van der Waals surface area contributed by atoms with Gasteiger partial charge in [-0.2, -0.15) is 0 Å². The SMILES string of the molecule is Cc1onc(-c2ccc(F)cc2)c1C(=O)N1CCC(CNC(=O)OC(C)(C)C)CC1.